The Morgan fingerprint density at radius 3 is 2.77 bits per heavy atom. The molecule has 70 valence electrons. The van der Waals surface area contributed by atoms with Crippen LogP contribution in [0.2, 0.25) is 5.28 Å². The lowest BCUT2D eigenvalue weighted by Gasteiger charge is -1.93. The van der Waals surface area contributed by atoms with Crippen molar-refractivity contribution in [1.82, 2.24) is 15.3 Å². The van der Waals surface area contributed by atoms with Gasteiger partial charge in [0, 0.05) is 18.0 Å². The van der Waals surface area contributed by atoms with Crippen molar-refractivity contribution < 1.29 is 0 Å². The van der Waals surface area contributed by atoms with Crippen molar-refractivity contribution in [3.63, 3.8) is 0 Å². The monoisotopic (exact) mass is 197 g/mol. The van der Waals surface area contributed by atoms with Crippen LogP contribution in [0.5, 0.6) is 0 Å². The molecule has 0 fully saturated rings. The van der Waals surface area contributed by atoms with Gasteiger partial charge in [-0.15, -0.1) is 0 Å². The first kappa shape index (κ1) is 10.2. The third-order valence-corrected chi connectivity index (χ3v) is 1.71. The largest absolute Gasteiger partial charge is 0.319 e. The highest BCUT2D eigenvalue weighted by atomic mass is 35.5. The van der Waals surface area contributed by atoms with Crippen molar-refractivity contribution in [1.29, 1.82) is 0 Å². The summed E-state index contributed by atoms with van der Waals surface area (Å²) in [4.78, 5) is 7.73. The van der Waals surface area contributed by atoms with Crippen LogP contribution >= 0.6 is 11.6 Å². The van der Waals surface area contributed by atoms with E-state index in [1.54, 1.807) is 12.4 Å². The fourth-order valence-electron chi connectivity index (χ4n) is 0.855. The summed E-state index contributed by atoms with van der Waals surface area (Å²) >= 11 is 5.54. The molecule has 0 amide bonds. The van der Waals surface area contributed by atoms with Gasteiger partial charge in [0.15, 0.2) is 0 Å². The summed E-state index contributed by atoms with van der Waals surface area (Å²) in [6, 6.07) is 0. The number of aromatic nitrogens is 2. The standard InChI is InChI=1S/C9H12ClN3/c1-11-5-3-2-4-8-6-12-9(10)13-7-8/h2,4,6-7,11H,3,5H2,1H3. The van der Waals surface area contributed by atoms with Gasteiger partial charge in [0.05, 0.1) is 0 Å². The Morgan fingerprint density at radius 1 is 1.46 bits per heavy atom. The molecule has 1 N–H and O–H groups in total. The van der Waals surface area contributed by atoms with E-state index in [9.17, 15) is 0 Å². The van der Waals surface area contributed by atoms with Crippen molar-refractivity contribution in [2.75, 3.05) is 13.6 Å². The zero-order chi connectivity index (χ0) is 9.52. The van der Waals surface area contributed by atoms with E-state index in [0.29, 0.717) is 0 Å². The molecule has 0 unspecified atom stereocenters. The molecule has 1 aromatic rings. The SMILES string of the molecule is CNCCC=Cc1cnc(Cl)nc1. The van der Waals surface area contributed by atoms with Crippen molar-refractivity contribution >= 4 is 17.7 Å². The van der Waals surface area contributed by atoms with Crippen molar-refractivity contribution in [3.05, 3.63) is 29.3 Å². The summed E-state index contributed by atoms with van der Waals surface area (Å²) in [5, 5.41) is 3.34. The maximum atomic E-state index is 5.54. The van der Waals surface area contributed by atoms with Crippen molar-refractivity contribution in [3.8, 4) is 0 Å². The highest BCUT2D eigenvalue weighted by Crippen LogP contribution is 2.02. The summed E-state index contributed by atoms with van der Waals surface area (Å²) < 4.78 is 0. The molecule has 0 saturated carbocycles. The van der Waals surface area contributed by atoms with Crippen LogP contribution in [0, 0.1) is 0 Å². The predicted octanol–water partition coefficient (Wildman–Crippen LogP) is 1.75. The van der Waals surface area contributed by atoms with E-state index in [4.69, 9.17) is 11.6 Å². The smallest absolute Gasteiger partial charge is 0.222 e. The number of hydrogen-bond donors (Lipinski definition) is 1. The van der Waals surface area contributed by atoms with E-state index in [1.165, 1.54) is 0 Å². The minimum Gasteiger partial charge on any atom is -0.319 e. The molecule has 0 aromatic carbocycles. The van der Waals surface area contributed by atoms with Crippen LogP contribution in [0.3, 0.4) is 0 Å². The first-order valence-electron chi connectivity index (χ1n) is 4.11. The number of rotatable bonds is 4. The van der Waals surface area contributed by atoms with Crippen LogP contribution in [0.1, 0.15) is 12.0 Å². The van der Waals surface area contributed by atoms with E-state index in [0.717, 1.165) is 18.5 Å². The van der Waals surface area contributed by atoms with E-state index in [2.05, 4.69) is 21.4 Å². The fraction of sp³-hybridized carbons (Fsp3) is 0.333. The molecule has 0 atom stereocenters. The van der Waals surface area contributed by atoms with Crippen molar-refractivity contribution in [2.24, 2.45) is 0 Å². The molecular weight excluding hydrogens is 186 g/mol. The molecule has 3 nitrogen and oxygen atoms in total. The summed E-state index contributed by atoms with van der Waals surface area (Å²) in [6.07, 6.45) is 8.45. The number of nitrogens with one attached hydrogen (secondary N) is 1. The summed E-state index contributed by atoms with van der Waals surface area (Å²) in [5.74, 6) is 0. The van der Waals surface area contributed by atoms with Gasteiger partial charge < -0.3 is 5.32 Å². The molecule has 0 saturated heterocycles. The van der Waals surface area contributed by atoms with Gasteiger partial charge in [0.1, 0.15) is 0 Å². The number of nitrogens with zero attached hydrogens (tertiary/aromatic N) is 2. The van der Waals surface area contributed by atoms with Gasteiger partial charge in [-0.1, -0.05) is 12.2 Å². The summed E-state index contributed by atoms with van der Waals surface area (Å²) in [7, 11) is 1.93. The Balaban J connectivity index is 2.44. The molecule has 1 rings (SSSR count). The molecule has 0 radical (unpaired) electrons. The van der Waals surface area contributed by atoms with Crippen molar-refractivity contribution in [2.45, 2.75) is 6.42 Å². The van der Waals surface area contributed by atoms with E-state index >= 15 is 0 Å². The minimum absolute atomic E-state index is 0.285. The highest BCUT2D eigenvalue weighted by Gasteiger charge is 1.89. The molecule has 0 aliphatic heterocycles. The average molecular weight is 198 g/mol. The summed E-state index contributed by atoms with van der Waals surface area (Å²) in [6.45, 7) is 0.977. The first-order valence-corrected chi connectivity index (χ1v) is 4.49. The topological polar surface area (TPSA) is 37.8 Å². The molecule has 1 heterocycles. The maximum absolute atomic E-state index is 5.54. The van der Waals surface area contributed by atoms with Crippen LogP contribution in [-0.4, -0.2) is 23.6 Å². The van der Waals surface area contributed by atoms with Gasteiger partial charge in [0.25, 0.3) is 0 Å². The lowest BCUT2D eigenvalue weighted by molar-refractivity contribution is 0.809. The minimum atomic E-state index is 0.285. The number of halogens is 1. The van der Waals surface area contributed by atoms with Gasteiger partial charge in [-0.2, -0.15) is 0 Å². The van der Waals surface area contributed by atoms with E-state index in [-0.39, 0.29) is 5.28 Å². The van der Waals surface area contributed by atoms with Crippen LogP contribution in [0.25, 0.3) is 6.08 Å². The number of hydrogen-bond acceptors (Lipinski definition) is 3. The second kappa shape index (κ2) is 5.67. The molecule has 1 aromatic heterocycles. The summed E-state index contributed by atoms with van der Waals surface area (Å²) in [5.41, 5.74) is 0.973. The van der Waals surface area contributed by atoms with Crippen LogP contribution in [-0.2, 0) is 0 Å². The molecule has 0 bridgehead atoms. The molecule has 4 heteroatoms. The zero-order valence-electron chi connectivity index (χ0n) is 7.50. The van der Waals surface area contributed by atoms with Gasteiger partial charge in [-0.3, -0.25) is 0 Å². The lowest BCUT2D eigenvalue weighted by atomic mass is 10.3. The second-order valence-corrected chi connectivity index (χ2v) is 2.92. The third-order valence-electron chi connectivity index (χ3n) is 1.51. The fourth-order valence-corrected chi connectivity index (χ4v) is 0.953. The van der Waals surface area contributed by atoms with Gasteiger partial charge in [0.2, 0.25) is 5.28 Å². The zero-order valence-corrected chi connectivity index (χ0v) is 8.25. The van der Waals surface area contributed by atoms with E-state index < -0.39 is 0 Å². The third kappa shape index (κ3) is 4.01. The van der Waals surface area contributed by atoms with Crippen LogP contribution < -0.4 is 5.32 Å². The molecule has 13 heavy (non-hydrogen) atoms. The Morgan fingerprint density at radius 2 is 2.15 bits per heavy atom. The first-order chi connectivity index (χ1) is 6.33. The lowest BCUT2D eigenvalue weighted by Crippen LogP contribution is -2.05. The van der Waals surface area contributed by atoms with Gasteiger partial charge in [-0.05, 0) is 31.6 Å². The quantitative estimate of drug-likeness (QED) is 0.591. The Bertz CT molecular complexity index is 269. The normalized spacial score (nSPS) is 10.9. The molecule has 0 spiro atoms. The molecular formula is C9H12ClN3. The molecule has 0 aliphatic carbocycles. The average Bonchev–Trinajstić information content (AvgIpc) is 2.15. The maximum Gasteiger partial charge on any atom is 0.222 e. The Kier molecular flexibility index (Phi) is 4.43. The van der Waals surface area contributed by atoms with Gasteiger partial charge >= 0.3 is 0 Å². The van der Waals surface area contributed by atoms with E-state index in [1.807, 2.05) is 13.1 Å². The van der Waals surface area contributed by atoms with Crippen LogP contribution in [0.4, 0.5) is 0 Å². The van der Waals surface area contributed by atoms with Gasteiger partial charge in [-0.25, -0.2) is 9.97 Å². The highest BCUT2D eigenvalue weighted by molar-refractivity contribution is 6.28. The predicted molar refractivity (Wildman–Crippen MR) is 54.6 cm³/mol. The molecule has 0 aliphatic rings. The Hall–Kier alpha value is -0.930. The van der Waals surface area contributed by atoms with Crippen LogP contribution in [0.15, 0.2) is 18.5 Å². The Labute approximate surface area is 82.9 Å². The second-order valence-electron chi connectivity index (χ2n) is 2.58.